The van der Waals surface area contributed by atoms with E-state index in [1.54, 1.807) is 0 Å². The maximum atomic E-state index is 5.19. The second kappa shape index (κ2) is 6.88. The van der Waals surface area contributed by atoms with Crippen LogP contribution in [-0.4, -0.2) is 14.5 Å². The minimum absolute atomic E-state index is 0.126. The quantitative estimate of drug-likeness (QED) is 0.280. The molecule has 0 spiro atoms. The van der Waals surface area contributed by atoms with Crippen molar-refractivity contribution in [2.75, 3.05) is 0 Å². The lowest BCUT2D eigenvalue weighted by atomic mass is 9.81. The molecule has 2 aromatic heterocycles. The molecule has 0 N–H and O–H groups in total. The Balaban J connectivity index is 1.65. The molecule has 7 rings (SSSR count). The molecule has 0 saturated carbocycles. The first kappa shape index (κ1) is 19.2. The smallest absolute Gasteiger partial charge is 0.159 e. The fourth-order valence-electron chi connectivity index (χ4n) is 5.72. The summed E-state index contributed by atoms with van der Waals surface area (Å²) < 4.78 is 2.30. The predicted octanol–water partition coefficient (Wildman–Crippen LogP) is 7.55. The molecular formula is C31H23N3. The Labute approximate surface area is 198 Å². The van der Waals surface area contributed by atoms with E-state index in [0.29, 0.717) is 0 Å². The van der Waals surface area contributed by atoms with Crippen LogP contribution in [0.2, 0.25) is 0 Å². The first-order valence-electron chi connectivity index (χ1n) is 11.7. The maximum Gasteiger partial charge on any atom is 0.159 e. The normalized spacial score (nSPS) is 13.8. The molecule has 0 fully saturated rings. The lowest BCUT2D eigenvalue weighted by Crippen LogP contribution is -2.15. The molecule has 3 nitrogen and oxygen atoms in total. The van der Waals surface area contributed by atoms with E-state index in [2.05, 4.69) is 97.3 Å². The topological polar surface area (TPSA) is 30.7 Å². The molecule has 0 unspecified atom stereocenters. The van der Waals surface area contributed by atoms with E-state index >= 15 is 0 Å². The van der Waals surface area contributed by atoms with Gasteiger partial charge >= 0.3 is 0 Å². The van der Waals surface area contributed by atoms with Crippen LogP contribution in [0.5, 0.6) is 0 Å². The van der Waals surface area contributed by atoms with Crippen molar-refractivity contribution in [2.45, 2.75) is 19.3 Å². The summed E-state index contributed by atoms with van der Waals surface area (Å²) in [7, 11) is 0. The summed E-state index contributed by atoms with van der Waals surface area (Å²) >= 11 is 0. The minimum atomic E-state index is -0.126. The number of nitrogens with zero attached hydrogens (tertiary/aromatic N) is 3. The van der Waals surface area contributed by atoms with E-state index < -0.39 is 0 Å². The molecular weight excluding hydrogens is 414 g/mol. The minimum Gasteiger partial charge on any atom is -0.306 e. The van der Waals surface area contributed by atoms with Crippen LogP contribution in [0.4, 0.5) is 0 Å². The Hall–Kier alpha value is -4.24. The monoisotopic (exact) mass is 437 g/mol. The first-order valence-corrected chi connectivity index (χ1v) is 11.7. The van der Waals surface area contributed by atoms with Gasteiger partial charge in [0, 0.05) is 22.1 Å². The molecule has 4 aromatic carbocycles. The third-order valence-electron chi connectivity index (χ3n) is 7.23. The highest BCUT2D eigenvalue weighted by molar-refractivity contribution is 6.12. The summed E-state index contributed by atoms with van der Waals surface area (Å²) in [6, 6.07) is 34.1. The fourth-order valence-corrected chi connectivity index (χ4v) is 5.72. The molecule has 0 radical (unpaired) electrons. The van der Waals surface area contributed by atoms with Crippen LogP contribution in [-0.2, 0) is 5.41 Å². The Bertz CT molecular complexity index is 1710. The number of fused-ring (bicyclic) bond motifs is 7. The number of para-hydroxylation sites is 1. The van der Waals surface area contributed by atoms with Gasteiger partial charge in [-0.05, 0) is 40.5 Å². The molecule has 2 heterocycles. The molecule has 0 amide bonds. The van der Waals surface area contributed by atoms with Gasteiger partial charge in [0.15, 0.2) is 5.82 Å². The molecule has 6 aromatic rings. The van der Waals surface area contributed by atoms with Gasteiger partial charge in [-0.1, -0.05) is 92.7 Å². The highest BCUT2D eigenvalue weighted by atomic mass is 15.0. The van der Waals surface area contributed by atoms with Crippen LogP contribution in [0, 0.1) is 0 Å². The Morgan fingerprint density at radius 1 is 0.676 bits per heavy atom. The van der Waals surface area contributed by atoms with Crippen LogP contribution in [0.15, 0.2) is 103 Å². The van der Waals surface area contributed by atoms with E-state index in [9.17, 15) is 0 Å². The van der Waals surface area contributed by atoms with Crippen LogP contribution in [0.25, 0.3) is 50.1 Å². The highest BCUT2D eigenvalue weighted by Gasteiger charge is 2.38. The average molecular weight is 438 g/mol. The molecule has 1 aliphatic rings. The summed E-state index contributed by atoms with van der Waals surface area (Å²) in [4.78, 5) is 9.99. The third kappa shape index (κ3) is 2.52. The van der Waals surface area contributed by atoms with Crippen molar-refractivity contribution in [1.82, 2.24) is 14.5 Å². The number of hydrogen-bond donors (Lipinski definition) is 0. The summed E-state index contributed by atoms with van der Waals surface area (Å²) in [5.41, 5.74) is 10.6. The Morgan fingerprint density at radius 3 is 2.18 bits per heavy atom. The van der Waals surface area contributed by atoms with Gasteiger partial charge in [0.05, 0.1) is 17.2 Å². The van der Waals surface area contributed by atoms with Gasteiger partial charge in [-0.25, -0.2) is 9.97 Å². The molecule has 1 aliphatic carbocycles. The summed E-state index contributed by atoms with van der Waals surface area (Å²) in [6.07, 6.45) is 1.99. The van der Waals surface area contributed by atoms with Crippen molar-refractivity contribution in [3.05, 3.63) is 114 Å². The Morgan fingerprint density at radius 2 is 1.38 bits per heavy atom. The van der Waals surface area contributed by atoms with Crippen molar-refractivity contribution >= 4 is 21.9 Å². The molecule has 0 aliphatic heterocycles. The van der Waals surface area contributed by atoms with Crippen molar-refractivity contribution in [2.24, 2.45) is 0 Å². The van der Waals surface area contributed by atoms with Crippen LogP contribution in [0.1, 0.15) is 25.0 Å². The zero-order chi connectivity index (χ0) is 22.9. The zero-order valence-corrected chi connectivity index (χ0v) is 19.2. The van der Waals surface area contributed by atoms with Crippen LogP contribution < -0.4 is 0 Å². The number of rotatable bonds is 2. The summed E-state index contributed by atoms with van der Waals surface area (Å²) in [5.74, 6) is 0.756. The lowest BCUT2D eigenvalue weighted by Gasteiger charge is -2.22. The number of aromatic nitrogens is 3. The third-order valence-corrected chi connectivity index (χ3v) is 7.23. The van der Waals surface area contributed by atoms with E-state index in [1.807, 2.05) is 24.4 Å². The molecule has 162 valence electrons. The first-order chi connectivity index (χ1) is 16.6. The van der Waals surface area contributed by atoms with Gasteiger partial charge < -0.3 is 4.57 Å². The zero-order valence-electron chi connectivity index (χ0n) is 19.2. The lowest BCUT2D eigenvalue weighted by molar-refractivity contribution is 0.666. The maximum absolute atomic E-state index is 5.19. The van der Waals surface area contributed by atoms with Gasteiger partial charge in [0.2, 0.25) is 0 Å². The van der Waals surface area contributed by atoms with Gasteiger partial charge in [-0.2, -0.15) is 0 Å². The van der Waals surface area contributed by atoms with Crippen molar-refractivity contribution < 1.29 is 0 Å². The molecule has 3 heteroatoms. The van der Waals surface area contributed by atoms with Gasteiger partial charge in [0.25, 0.3) is 0 Å². The van der Waals surface area contributed by atoms with E-state index in [-0.39, 0.29) is 5.41 Å². The number of benzene rings is 4. The average Bonchev–Trinajstić information content (AvgIpc) is 3.34. The molecule has 0 atom stereocenters. The van der Waals surface area contributed by atoms with E-state index in [0.717, 1.165) is 28.1 Å². The van der Waals surface area contributed by atoms with Crippen molar-refractivity contribution in [1.29, 1.82) is 0 Å². The molecule has 0 bridgehead atoms. The van der Waals surface area contributed by atoms with Crippen molar-refractivity contribution in [3.8, 4) is 28.2 Å². The molecule has 34 heavy (non-hydrogen) atoms. The van der Waals surface area contributed by atoms with Crippen LogP contribution >= 0.6 is 0 Å². The second-order valence-electron chi connectivity index (χ2n) is 9.52. The molecule has 0 saturated heterocycles. The summed E-state index contributed by atoms with van der Waals surface area (Å²) in [6.45, 7) is 4.67. The Kier molecular flexibility index (Phi) is 3.89. The fraction of sp³-hybridized carbons (Fsp3) is 0.0968. The van der Waals surface area contributed by atoms with Gasteiger partial charge in [-0.15, -0.1) is 0 Å². The SMILES string of the molecule is CC1(C)c2ccccc2-c2ccc3c(c21)c1nc(-c2ccccc2)ncc1n3-c1ccccc1. The summed E-state index contributed by atoms with van der Waals surface area (Å²) in [5, 5.41) is 1.22. The van der Waals surface area contributed by atoms with Crippen LogP contribution in [0.3, 0.4) is 0 Å². The van der Waals surface area contributed by atoms with Gasteiger partial charge in [0.1, 0.15) is 5.52 Å². The predicted molar refractivity (Wildman–Crippen MR) is 139 cm³/mol. The van der Waals surface area contributed by atoms with Gasteiger partial charge in [-0.3, -0.25) is 0 Å². The highest BCUT2D eigenvalue weighted by Crippen LogP contribution is 2.52. The second-order valence-corrected chi connectivity index (χ2v) is 9.52. The standard InChI is InChI=1S/C31H23N3/c1-31(2)24-16-10-9-15-22(24)23-17-18-25-27(28(23)31)29-26(34(25)21-13-7-4-8-14-21)19-32-30(33-29)20-11-5-3-6-12-20/h3-19H,1-2H3. The van der Waals surface area contributed by atoms with Crippen molar-refractivity contribution in [3.63, 3.8) is 0 Å². The largest absolute Gasteiger partial charge is 0.306 e. The van der Waals surface area contributed by atoms with E-state index in [1.165, 1.54) is 33.2 Å². The van der Waals surface area contributed by atoms with E-state index in [4.69, 9.17) is 9.97 Å². The number of hydrogen-bond acceptors (Lipinski definition) is 2.